The largest absolute Gasteiger partial charge is 0.342 e. The number of nitrogens with one attached hydrogen (secondary N) is 1. The summed E-state index contributed by atoms with van der Waals surface area (Å²) in [6.07, 6.45) is 4.10. The van der Waals surface area contributed by atoms with Crippen molar-refractivity contribution in [2.24, 2.45) is 5.92 Å². The van der Waals surface area contributed by atoms with Gasteiger partial charge >= 0.3 is 0 Å². The van der Waals surface area contributed by atoms with E-state index in [1.807, 2.05) is 0 Å². The number of benzene rings is 1. The maximum atomic E-state index is 12.0. The molecule has 1 amide bonds. The van der Waals surface area contributed by atoms with Crippen molar-refractivity contribution in [2.75, 3.05) is 25.9 Å². The summed E-state index contributed by atoms with van der Waals surface area (Å²) in [5.41, 5.74) is 2.63. The van der Waals surface area contributed by atoms with Gasteiger partial charge in [0.15, 0.2) is 0 Å². The Morgan fingerprint density at radius 2 is 1.83 bits per heavy atom. The standard InChI is InChI=1S/C17H26N2O3S/c1-14-3-5-15(6-4-14)7-8-16-9-11-19(12-10-16)17(20)13-23(21,22)18-2/h3-6,16,18H,7-13H2,1-2H3. The summed E-state index contributed by atoms with van der Waals surface area (Å²) in [6, 6.07) is 8.63. The van der Waals surface area contributed by atoms with Crippen molar-refractivity contribution < 1.29 is 13.2 Å². The lowest BCUT2D eigenvalue weighted by Gasteiger charge is -2.32. The summed E-state index contributed by atoms with van der Waals surface area (Å²) in [4.78, 5) is 13.7. The van der Waals surface area contributed by atoms with Gasteiger partial charge in [0.1, 0.15) is 5.75 Å². The lowest BCUT2D eigenvalue weighted by atomic mass is 9.90. The van der Waals surface area contributed by atoms with Crippen LogP contribution >= 0.6 is 0 Å². The van der Waals surface area contributed by atoms with Gasteiger partial charge in [0.05, 0.1) is 0 Å². The van der Waals surface area contributed by atoms with E-state index in [1.165, 1.54) is 18.2 Å². The van der Waals surface area contributed by atoms with Gasteiger partial charge in [0, 0.05) is 13.1 Å². The number of likely N-dealkylation sites (tertiary alicyclic amines) is 1. The normalized spacial score (nSPS) is 16.5. The van der Waals surface area contributed by atoms with Crippen molar-refractivity contribution in [2.45, 2.75) is 32.6 Å². The monoisotopic (exact) mass is 338 g/mol. The first-order valence-electron chi connectivity index (χ1n) is 8.14. The fraction of sp³-hybridized carbons (Fsp3) is 0.588. The molecule has 0 saturated carbocycles. The van der Waals surface area contributed by atoms with Crippen LogP contribution in [0.1, 0.15) is 30.4 Å². The zero-order valence-corrected chi connectivity index (χ0v) is 14.7. The van der Waals surface area contributed by atoms with Crippen molar-refractivity contribution >= 4 is 15.9 Å². The molecule has 23 heavy (non-hydrogen) atoms. The zero-order valence-electron chi connectivity index (χ0n) is 13.9. The van der Waals surface area contributed by atoms with E-state index in [4.69, 9.17) is 0 Å². The van der Waals surface area contributed by atoms with Gasteiger partial charge in [-0.1, -0.05) is 29.8 Å². The maximum absolute atomic E-state index is 12.0. The van der Waals surface area contributed by atoms with Crippen molar-refractivity contribution in [3.8, 4) is 0 Å². The van der Waals surface area contributed by atoms with Crippen LogP contribution in [0.5, 0.6) is 0 Å². The number of piperidine rings is 1. The van der Waals surface area contributed by atoms with E-state index >= 15 is 0 Å². The van der Waals surface area contributed by atoms with Gasteiger partial charge in [0.2, 0.25) is 15.9 Å². The molecule has 1 N–H and O–H groups in total. The van der Waals surface area contributed by atoms with Crippen LogP contribution in [-0.2, 0) is 21.2 Å². The van der Waals surface area contributed by atoms with Gasteiger partial charge in [0.25, 0.3) is 0 Å². The Morgan fingerprint density at radius 1 is 1.22 bits per heavy atom. The Morgan fingerprint density at radius 3 is 2.39 bits per heavy atom. The molecule has 1 heterocycles. The van der Waals surface area contributed by atoms with Gasteiger partial charge in [-0.25, -0.2) is 13.1 Å². The summed E-state index contributed by atoms with van der Waals surface area (Å²) in [6.45, 7) is 3.41. The van der Waals surface area contributed by atoms with E-state index in [-0.39, 0.29) is 5.91 Å². The highest BCUT2D eigenvalue weighted by Gasteiger charge is 2.25. The molecule has 0 atom stereocenters. The number of hydrogen-bond donors (Lipinski definition) is 1. The Bertz CT molecular complexity index is 618. The molecule has 0 spiro atoms. The molecule has 128 valence electrons. The Kier molecular flexibility index (Phi) is 6.18. The maximum Gasteiger partial charge on any atom is 0.239 e. The van der Waals surface area contributed by atoms with Crippen molar-refractivity contribution in [3.05, 3.63) is 35.4 Å². The molecule has 0 unspecified atom stereocenters. The first-order chi connectivity index (χ1) is 10.9. The molecule has 0 aliphatic carbocycles. The van der Waals surface area contributed by atoms with Crippen molar-refractivity contribution in [1.82, 2.24) is 9.62 Å². The van der Waals surface area contributed by atoms with E-state index in [9.17, 15) is 13.2 Å². The number of amides is 1. The van der Waals surface area contributed by atoms with Crippen LogP contribution < -0.4 is 4.72 Å². The number of carbonyl (C=O) groups excluding carboxylic acids is 1. The van der Waals surface area contributed by atoms with E-state index in [0.717, 1.165) is 25.7 Å². The third kappa shape index (κ3) is 5.62. The molecular formula is C17H26N2O3S. The predicted octanol–water partition coefficient (Wildman–Crippen LogP) is 1.72. The number of sulfonamides is 1. The van der Waals surface area contributed by atoms with Crippen LogP contribution in [0, 0.1) is 12.8 Å². The molecule has 5 nitrogen and oxygen atoms in total. The fourth-order valence-electron chi connectivity index (χ4n) is 2.92. The van der Waals surface area contributed by atoms with E-state index < -0.39 is 15.8 Å². The Balaban J connectivity index is 1.75. The SMILES string of the molecule is CNS(=O)(=O)CC(=O)N1CCC(CCc2ccc(C)cc2)CC1. The molecule has 1 aliphatic heterocycles. The Labute approximate surface area is 139 Å². The minimum atomic E-state index is -3.47. The number of carbonyl (C=O) groups is 1. The smallest absolute Gasteiger partial charge is 0.239 e. The van der Waals surface area contributed by atoms with Crippen LogP contribution in [0.25, 0.3) is 0 Å². The minimum Gasteiger partial charge on any atom is -0.342 e. The summed E-state index contributed by atoms with van der Waals surface area (Å²) < 4.78 is 25.1. The van der Waals surface area contributed by atoms with Gasteiger partial charge in [-0.3, -0.25) is 4.79 Å². The molecule has 0 aromatic heterocycles. The molecule has 6 heteroatoms. The highest BCUT2D eigenvalue weighted by atomic mass is 32.2. The molecule has 2 rings (SSSR count). The highest BCUT2D eigenvalue weighted by Crippen LogP contribution is 2.22. The van der Waals surface area contributed by atoms with Gasteiger partial charge in [-0.15, -0.1) is 0 Å². The molecule has 0 bridgehead atoms. The summed E-state index contributed by atoms with van der Waals surface area (Å²) in [5.74, 6) is -0.130. The molecule has 1 fully saturated rings. The van der Waals surface area contributed by atoms with Crippen LogP contribution in [0.2, 0.25) is 0 Å². The van der Waals surface area contributed by atoms with Crippen LogP contribution in [-0.4, -0.2) is 45.1 Å². The molecule has 0 radical (unpaired) electrons. The minimum absolute atomic E-state index is 0.295. The average Bonchev–Trinajstić information content (AvgIpc) is 2.54. The highest BCUT2D eigenvalue weighted by molar-refractivity contribution is 7.90. The molecular weight excluding hydrogens is 312 g/mol. The van der Waals surface area contributed by atoms with E-state index in [2.05, 4.69) is 35.9 Å². The van der Waals surface area contributed by atoms with Crippen molar-refractivity contribution in [1.29, 1.82) is 0 Å². The molecule has 1 aromatic carbocycles. The summed E-state index contributed by atoms with van der Waals surface area (Å²) in [7, 11) is -2.14. The topological polar surface area (TPSA) is 66.5 Å². The first kappa shape index (κ1) is 17.9. The summed E-state index contributed by atoms with van der Waals surface area (Å²) >= 11 is 0. The molecule has 1 saturated heterocycles. The predicted molar refractivity (Wildman–Crippen MR) is 91.7 cm³/mol. The van der Waals surface area contributed by atoms with Crippen LogP contribution in [0.3, 0.4) is 0 Å². The lowest BCUT2D eigenvalue weighted by molar-refractivity contribution is -0.129. The van der Waals surface area contributed by atoms with Gasteiger partial charge in [-0.2, -0.15) is 0 Å². The number of aryl methyl sites for hydroxylation is 2. The second-order valence-corrected chi connectivity index (χ2v) is 8.24. The third-order valence-corrected chi connectivity index (χ3v) is 5.80. The average molecular weight is 338 g/mol. The molecule has 1 aliphatic rings. The second kappa shape index (κ2) is 7.93. The summed E-state index contributed by atoms with van der Waals surface area (Å²) in [5, 5.41) is 0. The second-order valence-electron chi connectivity index (χ2n) is 6.31. The number of nitrogens with zero attached hydrogens (tertiary/aromatic N) is 1. The quantitative estimate of drug-likeness (QED) is 0.859. The van der Waals surface area contributed by atoms with Crippen LogP contribution in [0.4, 0.5) is 0 Å². The zero-order chi connectivity index (χ0) is 16.9. The van der Waals surface area contributed by atoms with Gasteiger partial charge < -0.3 is 4.90 Å². The first-order valence-corrected chi connectivity index (χ1v) is 9.79. The Hall–Kier alpha value is -1.40. The number of rotatable bonds is 6. The fourth-order valence-corrected chi connectivity index (χ4v) is 3.57. The van der Waals surface area contributed by atoms with Gasteiger partial charge in [-0.05, 0) is 51.1 Å². The van der Waals surface area contributed by atoms with Crippen molar-refractivity contribution in [3.63, 3.8) is 0 Å². The molecule has 1 aromatic rings. The van der Waals surface area contributed by atoms with E-state index in [1.54, 1.807) is 4.90 Å². The van der Waals surface area contributed by atoms with E-state index in [0.29, 0.717) is 19.0 Å². The van der Waals surface area contributed by atoms with Crippen LogP contribution in [0.15, 0.2) is 24.3 Å². The number of hydrogen-bond acceptors (Lipinski definition) is 3. The third-order valence-electron chi connectivity index (χ3n) is 4.55. The lowest BCUT2D eigenvalue weighted by Crippen LogP contribution is -2.43.